The first-order chi connectivity index (χ1) is 8.49. The van der Waals surface area contributed by atoms with E-state index < -0.39 is 0 Å². The van der Waals surface area contributed by atoms with Crippen molar-refractivity contribution in [1.82, 2.24) is 9.88 Å². The normalized spacial score (nSPS) is 12.7. The molecule has 4 heteroatoms. The summed E-state index contributed by atoms with van der Waals surface area (Å²) in [6.07, 6.45) is 4.87. The van der Waals surface area contributed by atoms with E-state index in [0.717, 1.165) is 19.3 Å². The molecular formula is C14H25N3O. The number of rotatable bonds is 6. The van der Waals surface area contributed by atoms with Crippen LogP contribution in [0.15, 0.2) is 12.3 Å². The summed E-state index contributed by atoms with van der Waals surface area (Å²) in [6.45, 7) is 8.30. The molecule has 0 radical (unpaired) electrons. The van der Waals surface area contributed by atoms with Gasteiger partial charge < -0.3 is 15.6 Å². The summed E-state index contributed by atoms with van der Waals surface area (Å²) >= 11 is 0. The zero-order valence-electron chi connectivity index (χ0n) is 11.9. The van der Waals surface area contributed by atoms with Crippen LogP contribution in [0.5, 0.6) is 0 Å². The highest BCUT2D eigenvalue weighted by molar-refractivity contribution is 5.94. The Morgan fingerprint density at radius 1 is 1.44 bits per heavy atom. The Hall–Kier alpha value is -1.45. The predicted octanol–water partition coefficient (Wildman–Crippen LogP) is 2.96. The number of amides is 1. The van der Waals surface area contributed by atoms with Crippen LogP contribution in [-0.4, -0.2) is 16.5 Å². The Morgan fingerprint density at radius 3 is 2.61 bits per heavy atom. The van der Waals surface area contributed by atoms with Crippen LogP contribution in [0.2, 0.25) is 0 Å². The van der Waals surface area contributed by atoms with E-state index in [9.17, 15) is 4.79 Å². The van der Waals surface area contributed by atoms with E-state index in [1.54, 1.807) is 6.07 Å². The Morgan fingerprint density at radius 2 is 2.11 bits per heavy atom. The van der Waals surface area contributed by atoms with Crippen LogP contribution in [0.4, 0.5) is 5.69 Å². The van der Waals surface area contributed by atoms with Crippen LogP contribution in [-0.2, 0) is 0 Å². The minimum Gasteiger partial charge on any atom is -0.397 e. The van der Waals surface area contributed by atoms with Gasteiger partial charge in [-0.2, -0.15) is 0 Å². The largest absolute Gasteiger partial charge is 0.397 e. The fraction of sp³-hybridized carbons (Fsp3) is 0.643. The first kappa shape index (κ1) is 14.6. The molecule has 1 atom stereocenters. The molecule has 3 N–H and O–H groups in total. The van der Waals surface area contributed by atoms with Crippen molar-refractivity contribution >= 4 is 11.6 Å². The van der Waals surface area contributed by atoms with E-state index in [-0.39, 0.29) is 18.0 Å². The van der Waals surface area contributed by atoms with E-state index in [4.69, 9.17) is 5.73 Å². The van der Waals surface area contributed by atoms with Gasteiger partial charge in [0.25, 0.3) is 5.91 Å². The quantitative estimate of drug-likeness (QED) is 0.816. The van der Waals surface area contributed by atoms with Crippen LogP contribution < -0.4 is 11.1 Å². The molecule has 0 spiro atoms. The second kappa shape index (κ2) is 6.47. The first-order valence-electron chi connectivity index (χ1n) is 6.77. The minimum absolute atomic E-state index is 0.0271. The molecule has 0 aliphatic carbocycles. The zero-order chi connectivity index (χ0) is 13.7. The molecule has 1 aromatic heterocycles. The third kappa shape index (κ3) is 3.52. The predicted molar refractivity (Wildman–Crippen MR) is 75.7 cm³/mol. The van der Waals surface area contributed by atoms with Gasteiger partial charge in [-0.15, -0.1) is 0 Å². The van der Waals surface area contributed by atoms with Crippen LogP contribution in [0.25, 0.3) is 0 Å². The van der Waals surface area contributed by atoms with Crippen LogP contribution in [0.3, 0.4) is 0 Å². The standard InChI is InChI=1S/C14H25N3O/c1-5-7-12(6-2)16-14(18)13-8-11(15)9-17(13)10(3)4/h8-10,12H,5-7,15H2,1-4H3,(H,16,18). The average molecular weight is 251 g/mol. The van der Waals surface area contributed by atoms with Crippen LogP contribution in [0.1, 0.15) is 63.5 Å². The van der Waals surface area contributed by atoms with E-state index in [0.29, 0.717) is 11.4 Å². The molecule has 1 rings (SSSR count). The number of carbonyl (C=O) groups excluding carboxylic acids is 1. The van der Waals surface area contributed by atoms with Gasteiger partial charge in [0.2, 0.25) is 0 Å². The van der Waals surface area contributed by atoms with Gasteiger partial charge in [0.15, 0.2) is 0 Å². The maximum absolute atomic E-state index is 12.2. The molecule has 18 heavy (non-hydrogen) atoms. The molecule has 1 aromatic rings. The second-order valence-corrected chi connectivity index (χ2v) is 5.03. The average Bonchev–Trinajstić information content (AvgIpc) is 2.71. The first-order valence-corrected chi connectivity index (χ1v) is 6.77. The van der Waals surface area contributed by atoms with E-state index >= 15 is 0 Å². The number of anilines is 1. The highest BCUT2D eigenvalue weighted by Crippen LogP contribution is 2.17. The molecule has 0 aromatic carbocycles. The number of nitrogens with one attached hydrogen (secondary N) is 1. The topological polar surface area (TPSA) is 60.1 Å². The zero-order valence-corrected chi connectivity index (χ0v) is 11.9. The molecule has 0 aliphatic rings. The van der Waals surface area contributed by atoms with E-state index in [2.05, 4.69) is 19.2 Å². The molecule has 0 saturated carbocycles. The Kier molecular flexibility index (Phi) is 5.25. The number of hydrogen-bond acceptors (Lipinski definition) is 2. The number of nitrogen functional groups attached to an aromatic ring is 1. The summed E-state index contributed by atoms with van der Waals surface area (Å²) in [5.74, 6) is -0.0271. The van der Waals surface area contributed by atoms with Crippen molar-refractivity contribution in [2.75, 3.05) is 5.73 Å². The second-order valence-electron chi connectivity index (χ2n) is 5.03. The van der Waals surface area contributed by atoms with Crippen molar-refractivity contribution in [2.45, 2.75) is 59.0 Å². The molecule has 102 valence electrons. The van der Waals surface area contributed by atoms with Crippen molar-refractivity contribution in [3.63, 3.8) is 0 Å². The lowest BCUT2D eigenvalue weighted by atomic mass is 10.1. The van der Waals surface area contributed by atoms with E-state index in [1.165, 1.54) is 0 Å². The van der Waals surface area contributed by atoms with Crippen molar-refractivity contribution in [2.24, 2.45) is 0 Å². The number of hydrogen-bond donors (Lipinski definition) is 2. The van der Waals surface area contributed by atoms with Gasteiger partial charge in [0, 0.05) is 18.3 Å². The van der Waals surface area contributed by atoms with Crippen molar-refractivity contribution in [1.29, 1.82) is 0 Å². The maximum atomic E-state index is 12.2. The van der Waals surface area contributed by atoms with Gasteiger partial charge in [-0.25, -0.2) is 0 Å². The Balaban J connectivity index is 2.83. The summed E-state index contributed by atoms with van der Waals surface area (Å²) in [4.78, 5) is 12.2. The van der Waals surface area contributed by atoms with Crippen molar-refractivity contribution in [3.8, 4) is 0 Å². The lowest BCUT2D eigenvalue weighted by Crippen LogP contribution is -2.35. The minimum atomic E-state index is -0.0271. The molecule has 1 amide bonds. The van der Waals surface area contributed by atoms with Gasteiger partial charge in [-0.1, -0.05) is 20.3 Å². The van der Waals surface area contributed by atoms with Crippen LogP contribution >= 0.6 is 0 Å². The fourth-order valence-electron chi connectivity index (χ4n) is 2.10. The fourth-order valence-corrected chi connectivity index (χ4v) is 2.10. The number of nitrogens with two attached hydrogens (primary N) is 1. The summed E-state index contributed by atoms with van der Waals surface area (Å²) < 4.78 is 1.92. The molecule has 0 saturated heterocycles. The van der Waals surface area contributed by atoms with E-state index in [1.807, 2.05) is 24.6 Å². The highest BCUT2D eigenvalue weighted by Gasteiger charge is 2.17. The van der Waals surface area contributed by atoms with Crippen LogP contribution in [0, 0.1) is 0 Å². The summed E-state index contributed by atoms with van der Waals surface area (Å²) in [5, 5.41) is 3.08. The van der Waals surface area contributed by atoms with Gasteiger partial charge in [-0.3, -0.25) is 4.79 Å². The molecule has 1 unspecified atom stereocenters. The number of carbonyl (C=O) groups is 1. The maximum Gasteiger partial charge on any atom is 0.268 e. The monoisotopic (exact) mass is 251 g/mol. The number of nitrogens with zero attached hydrogens (tertiary/aromatic N) is 1. The smallest absolute Gasteiger partial charge is 0.268 e. The SMILES string of the molecule is CCCC(CC)NC(=O)c1cc(N)cn1C(C)C. The third-order valence-electron chi connectivity index (χ3n) is 3.12. The summed E-state index contributed by atoms with van der Waals surface area (Å²) in [6, 6.07) is 2.22. The Labute approximate surface area is 110 Å². The van der Waals surface area contributed by atoms with Gasteiger partial charge in [0.1, 0.15) is 5.69 Å². The van der Waals surface area contributed by atoms with Gasteiger partial charge in [-0.05, 0) is 32.8 Å². The van der Waals surface area contributed by atoms with Gasteiger partial charge >= 0.3 is 0 Å². The molecule has 0 fully saturated rings. The number of aromatic nitrogens is 1. The lowest BCUT2D eigenvalue weighted by molar-refractivity contribution is 0.0923. The van der Waals surface area contributed by atoms with Crippen molar-refractivity contribution in [3.05, 3.63) is 18.0 Å². The Bertz CT molecular complexity index is 396. The molecule has 4 nitrogen and oxygen atoms in total. The highest BCUT2D eigenvalue weighted by atomic mass is 16.2. The van der Waals surface area contributed by atoms with Gasteiger partial charge in [0.05, 0.1) is 5.69 Å². The molecular weight excluding hydrogens is 226 g/mol. The molecule has 1 heterocycles. The summed E-state index contributed by atoms with van der Waals surface area (Å²) in [5.41, 5.74) is 7.06. The lowest BCUT2D eigenvalue weighted by Gasteiger charge is -2.18. The third-order valence-corrected chi connectivity index (χ3v) is 3.12. The molecule has 0 aliphatic heterocycles. The van der Waals surface area contributed by atoms with Crippen molar-refractivity contribution < 1.29 is 4.79 Å². The summed E-state index contributed by atoms with van der Waals surface area (Å²) in [7, 11) is 0. The molecule has 0 bridgehead atoms.